The summed E-state index contributed by atoms with van der Waals surface area (Å²) >= 11 is 1.59. The molecular weight excluding hydrogens is 288 g/mol. The highest BCUT2D eigenvalue weighted by Crippen LogP contribution is 2.37. The number of likely N-dealkylation sites (tertiary alicyclic amines) is 1. The van der Waals surface area contributed by atoms with Gasteiger partial charge in [0.15, 0.2) is 0 Å². The molecular formula is C15H22N2O3S. The van der Waals surface area contributed by atoms with Crippen LogP contribution < -0.4 is 5.32 Å². The highest BCUT2D eigenvalue weighted by atomic mass is 32.1. The maximum Gasteiger partial charge on any atom is 0.225 e. The summed E-state index contributed by atoms with van der Waals surface area (Å²) in [6, 6.07) is 3.81. The first-order chi connectivity index (χ1) is 10.1. The van der Waals surface area contributed by atoms with E-state index in [9.17, 15) is 9.59 Å². The van der Waals surface area contributed by atoms with Crippen molar-refractivity contribution >= 4 is 23.2 Å². The largest absolute Gasteiger partial charge is 0.385 e. The van der Waals surface area contributed by atoms with E-state index in [1.165, 1.54) is 0 Å². The van der Waals surface area contributed by atoms with Crippen LogP contribution in [0.5, 0.6) is 0 Å². The molecule has 2 atom stereocenters. The molecule has 0 saturated carbocycles. The van der Waals surface area contributed by atoms with Gasteiger partial charge >= 0.3 is 0 Å². The van der Waals surface area contributed by atoms with Crippen LogP contribution >= 0.6 is 11.3 Å². The number of rotatable bonds is 6. The molecule has 1 aromatic heterocycles. The fourth-order valence-corrected chi connectivity index (χ4v) is 3.65. The maximum atomic E-state index is 12.4. The first kappa shape index (κ1) is 16.0. The summed E-state index contributed by atoms with van der Waals surface area (Å²) in [7, 11) is 3.44. The molecule has 1 saturated heterocycles. The molecule has 5 nitrogen and oxygen atoms in total. The predicted molar refractivity (Wildman–Crippen MR) is 82.1 cm³/mol. The number of amides is 2. The number of nitrogens with one attached hydrogen (secondary N) is 1. The van der Waals surface area contributed by atoms with E-state index >= 15 is 0 Å². The number of ether oxygens (including phenoxy) is 1. The fourth-order valence-electron chi connectivity index (χ4n) is 2.72. The number of thiophene rings is 1. The standard InChI is InChI=1S/C15H22N2O3S/c1-17-13(18)7-6-11(14(17)12-5-3-10-21-12)15(19)16-8-4-9-20-2/h3,5,10-11,14H,4,6-9H2,1-2H3,(H,16,19). The van der Waals surface area contributed by atoms with Gasteiger partial charge in [0, 0.05) is 38.6 Å². The lowest BCUT2D eigenvalue weighted by atomic mass is 9.87. The van der Waals surface area contributed by atoms with Crippen LogP contribution in [0.3, 0.4) is 0 Å². The molecule has 0 bridgehead atoms. The molecule has 0 spiro atoms. The minimum absolute atomic E-state index is 0.0313. The summed E-state index contributed by atoms with van der Waals surface area (Å²) in [5.74, 6) is -0.0328. The average Bonchev–Trinajstić information content (AvgIpc) is 3.00. The van der Waals surface area contributed by atoms with Gasteiger partial charge in [-0.25, -0.2) is 0 Å². The van der Waals surface area contributed by atoms with Gasteiger partial charge in [-0.15, -0.1) is 11.3 Å². The van der Waals surface area contributed by atoms with Crippen molar-refractivity contribution in [3.8, 4) is 0 Å². The van der Waals surface area contributed by atoms with Gasteiger partial charge in [-0.3, -0.25) is 9.59 Å². The molecule has 1 fully saturated rings. The van der Waals surface area contributed by atoms with Crippen molar-refractivity contribution in [1.29, 1.82) is 0 Å². The Balaban J connectivity index is 2.05. The Bertz CT molecular complexity index is 475. The van der Waals surface area contributed by atoms with Crippen LogP contribution in [0.2, 0.25) is 0 Å². The average molecular weight is 310 g/mol. The zero-order chi connectivity index (χ0) is 15.2. The van der Waals surface area contributed by atoms with Crippen LogP contribution in [-0.4, -0.2) is 44.0 Å². The van der Waals surface area contributed by atoms with Crippen molar-refractivity contribution in [2.24, 2.45) is 5.92 Å². The second-order valence-corrected chi connectivity index (χ2v) is 6.23. The van der Waals surface area contributed by atoms with Crippen molar-refractivity contribution in [2.45, 2.75) is 25.3 Å². The van der Waals surface area contributed by atoms with Gasteiger partial charge in [0.25, 0.3) is 0 Å². The number of hydrogen-bond acceptors (Lipinski definition) is 4. The minimum Gasteiger partial charge on any atom is -0.385 e. The second-order valence-electron chi connectivity index (χ2n) is 5.25. The summed E-state index contributed by atoms with van der Waals surface area (Å²) < 4.78 is 4.98. The fraction of sp³-hybridized carbons (Fsp3) is 0.600. The summed E-state index contributed by atoms with van der Waals surface area (Å²) in [6.07, 6.45) is 1.85. The molecule has 0 radical (unpaired) electrons. The van der Waals surface area contributed by atoms with E-state index in [-0.39, 0.29) is 23.8 Å². The summed E-state index contributed by atoms with van der Waals surface area (Å²) in [6.45, 7) is 1.25. The summed E-state index contributed by atoms with van der Waals surface area (Å²) in [5, 5.41) is 4.94. The van der Waals surface area contributed by atoms with Gasteiger partial charge in [-0.05, 0) is 24.3 Å². The van der Waals surface area contributed by atoms with E-state index in [1.54, 1.807) is 30.4 Å². The van der Waals surface area contributed by atoms with Crippen LogP contribution in [0.1, 0.15) is 30.2 Å². The molecule has 2 unspecified atom stereocenters. The molecule has 1 N–H and O–H groups in total. The zero-order valence-corrected chi connectivity index (χ0v) is 13.3. The Morgan fingerprint density at radius 3 is 3.05 bits per heavy atom. The zero-order valence-electron chi connectivity index (χ0n) is 12.5. The number of hydrogen-bond donors (Lipinski definition) is 1. The van der Waals surface area contributed by atoms with E-state index in [1.807, 2.05) is 17.5 Å². The highest BCUT2D eigenvalue weighted by molar-refractivity contribution is 7.10. The predicted octanol–water partition coefficient (Wildman–Crippen LogP) is 1.81. The third-order valence-electron chi connectivity index (χ3n) is 3.86. The molecule has 1 aliphatic heterocycles. The summed E-state index contributed by atoms with van der Waals surface area (Å²) in [5.41, 5.74) is 0. The quantitative estimate of drug-likeness (QED) is 0.815. The molecule has 2 amide bonds. The molecule has 1 aliphatic rings. The molecule has 2 heterocycles. The van der Waals surface area contributed by atoms with Gasteiger partial charge < -0.3 is 15.0 Å². The Hall–Kier alpha value is -1.40. The van der Waals surface area contributed by atoms with Crippen LogP contribution in [0, 0.1) is 5.92 Å². The maximum absolute atomic E-state index is 12.4. The molecule has 116 valence electrons. The van der Waals surface area contributed by atoms with Gasteiger partial charge in [-0.2, -0.15) is 0 Å². The Kier molecular flexibility index (Phi) is 5.76. The van der Waals surface area contributed by atoms with E-state index in [4.69, 9.17) is 4.74 Å². The first-order valence-corrected chi connectivity index (χ1v) is 8.09. The molecule has 0 aliphatic carbocycles. The number of nitrogens with zero attached hydrogens (tertiary/aromatic N) is 1. The minimum atomic E-state index is -0.172. The summed E-state index contributed by atoms with van der Waals surface area (Å²) in [4.78, 5) is 27.2. The van der Waals surface area contributed by atoms with Gasteiger partial charge in [0.1, 0.15) is 0 Å². The van der Waals surface area contributed by atoms with Crippen molar-refractivity contribution in [3.63, 3.8) is 0 Å². The Labute approximate surface area is 129 Å². The van der Waals surface area contributed by atoms with E-state index in [2.05, 4.69) is 5.32 Å². The number of carbonyl (C=O) groups excluding carboxylic acids is 2. The molecule has 2 rings (SSSR count). The van der Waals surface area contributed by atoms with Crippen LogP contribution in [0.15, 0.2) is 17.5 Å². The lowest BCUT2D eigenvalue weighted by molar-refractivity contribution is -0.141. The molecule has 1 aromatic rings. The third-order valence-corrected chi connectivity index (χ3v) is 4.80. The molecule has 21 heavy (non-hydrogen) atoms. The Morgan fingerprint density at radius 1 is 1.57 bits per heavy atom. The highest BCUT2D eigenvalue weighted by Gasteiger charge is 2.39. The lowest BCUT2D eigenvalue weighted by Gasteiger charge is -2.37. The SMILES string of the molecule is COCCCNC(=O)C1CCC(=O)N(C)C1c1cccs1. The van der Waals surface area contributed by atoms with Gasteiger partial charge in [0.05, 0.1) is 12.0 Å². The molecule has 6 heteroatoms. The number of carbonyl (C=O) groups is 2. The van der Waals surface area contributed by atoms with Crippen LogP contribution in [0.25, 0.3) is 0 Å². The van der Waals surface area contributed by atoms with Crippen molar-refractivity contribution in [3.05, 3.63) is 22.4 Å². The second kappa shape index (κ2) is 7.56. The van der Waals surface area contributed by atoms with Crippen LogP contribution in [0.4, 0.5) is 0 Å². The van der Waals surface area contributed by atoms with Crippen molar-refractivity contribution in [2.75, 3.05) is 27.3 Å². The Morgan fingerprint density at radius 2 is 2.38 bits per heavy atom. The number of methoxy groups -OCH3 is 1. The lowest BCUT2D eigenvalue weighted by Crippen LogP contribution is -2.46. The smallest absolute Gasteiger partial charge is 0.225 e. The van der Waals surface area contributed by atoms with E-state index in [0.29, 0.717) is 26.0 Å². The topological polar surface area (TPSA) is 58.6 Å². The normalized spacial score (nSPS) is 22.4. The van der Waals surface area contributed by atoms with Crippen LogP contribution in [-0.2, 0) is 14.3 Å². The molecule has 0 aromatic carbocycles. The number of piperidine rings is 1. The van der Waals surface area contributed by atoms with Crippen molar-refractivity contribution in [1.82, 2.24) is 10.2 Å². The first-order valence-electron chi connectivity index (χ1n) is 7.21. The van der Waals surface area contributed by atoms with Crippen molar-refractivity contribution < 1.29 is 14.3 Å². The third kappa shape index (κ3) is 3.83. The van der Waals surface area contributed by atoms with Gasteiger partial charge in [0.2, 0.25) is 11.8 Å². The monoisotopic (exact) mass is 310 g/mol. The van der Waals surface area contributed by atoms with E-state index < -0.39 is 0 Å². The van der Waals surface area contributed by atoms with Gasteiger partial charge in [-0.1, -0.05) is 6.07 Å². The van der Waals surface area contributed by atoms with E-state index in [0.717, 1.165) is 11.3 Å².